The van der Waals surface area contributed by atoms with Gasteiger partial charge in [-0.3, -0.25) is 4.98 Å². The molecular weight excluding hydrogens is 280 g/mol. The smallest absolute Gasteiger partial charge is 0.134 e. The van der Waals surface area contributed by atoms with Crippen LogP contribution in [-0.2, 0) is 13.2 Å². The van der Waals surface area contributed by atoms with Gasteiger partial charge >= 0.3 is 0 Å². The Morgan fingerprint density at radius 2 is 1.82 bits per heavy atom. The third kappa shape index (κ3) is 3.28. The summed E-state index contributed by atoms with van der Waals surface area (Å²) in [6.45, 7) is 0.888. The van der Waals surface area contributed by atoms with E-state index in [0.717, 1.165) is 21.6 Å². The number of halogens is 1. The molecule has 0 aliphatic rings. The first-order valence-corrected chi connectivity index (χ1v) is 6.11. The molecule has 0 bridgehead atoms. The zero-order valence-corrected chi connectivity index (χ0v) is 10.9. The summed E-state index contributed by atoms with van der Waals surface area (Å²) in [6, 6.07) is 13.5. The van der Waals surface area contributed by atoms with E-state index in [1.807, 2.05) is 42.5 Å². The highest BCUT2D eigenvalue weighted by molar-refractivity contribution is 9.10. The molecule has 3 nitrogen and oxygen atoms in total. The Bertz CT molecular complexity index is 502. The topological polar surface area (TPSA) is 48.1 Å². The van der Waals surface area contributed by atoms with Gasteiger partial charge in [-0.25, -0.2) is 0 Å². The van der Waals surface area contributed by atoms with Gasteiger partial charge in [-0.1, -0.05) is 18.2 Å². The summed E-state index contributed by atoms with van der Waals surface area (Å²) < 4.78 is 6.61. The van der Waals surface area contributed by atoms with E-state index in [0.29, 0.717) is 13.2 Å². The highest BCUT2D eigenvalue weighted by Crippen LogP contribution is 2.24. The van der Waals surface area contributed by atoms with Crippen LogP contribution in [-0.4, -0.2) is 4.98 Å². The van der Waals surface area contributed by atoms with Crippen molar-refractivity contribution >= 4 is 15.9 Å². The second kappa shape index (κ2) is 5.80. The monoisotopic (exact) mass is 292 g/mol. The SMILES string of the molecule is NCc1cccc(COc2ccccc2Br)n1. The second-order valence-corrected chi connectivity index (χ2v) is 4.40. The van der Waals surface area contributed by atoms with Gasteiger partial charge in [-0.05, 0) is 40.2 Å². The van der Waals surface area contributed by atoms with Crippen LogP contribution in [0.1, 0.15) is 11.4 Å². The third-order valence-corrected chi connectivity index (χ3v) is 2.94. The lowest BCUT2D eigenvalue weighted by Gasteiger charge is -2.08. The molecule has 0 aliphatic carbocycles. The molecule has 88 valence electrons. The van der Waals surface area contributed by atoms with Crippen molar-refractivity contribution in [3.05, 3.63) is 58.3 Å². The first kappa shape index (κ1) is 12.1. The number of nitrogens with two attached hydrogens (primary N) is 1. The van der Waals surface area contributed by atoms with Crippen molar-refractivity contribution in [1.29, 1.82) is 0 Å². The molecule has 1 aromatic carbocycles. The van der Waals surface area contributed by atoms with E-state index in [4.69, 9.17) is 10.5 Å². The van der Waals surface area contributed by atoms with Gasteiger partial charge in [0, 0.05) is 6.54 Å². The Balaban J connectivity index is 2.05. The van der Waals surface area contributed by atoms with E-state index in [1.54, 1.807) is 0 Å². The molecule has 17 heavy (non-hydrogen) atoms. The number of pyridine rings is 1. The lowest BCUT2D eigenvalue weighted by Crippen LogP contribution is -2.04. The number of benzene rings is 1. The zero-order chi connectivity index (χ0) is 12.1. The van der Waals surface area contributed by atoms with Gasteiger partial charge in [0.2, 0.25) is 0 Å². The van der Waals surface area contributed by atoms with Gasteiger partial charge in [0.15, 0.2) is 0 Å². The van der Waals surface area contributed by atoms with Gasteiger partial charge in [0.25, 0.3) is 0 Å². The molecule has 2 N–H and O–H groups in total. The van der Waals surface area contributed by atoms with Crippen LogP contribution in [0.5, 0.6) is 5.75 Å². The molecule has 1 heterocycles. The molecular formula is C13H13BrN2O. The van der Waals surface area contributed by atoms with E-state index in [9.17, 15) is 0 Å². The lowest BCUT2D eigenvalue weighted by molar-refractivity contribution is 0.299. The molecule has 0 spiro atoms. The quantitative estimate of drug-likeness (QED) is 0.943. The van der Waals surface area contributed by atoms with E-state index >= 15 is 0 Å². The summed E-state index contributed by atoms with van der Waals surface area (Å²) in [7, 11) is 0. The molecule has 0 aliphatic heterocycles. The molecule has 1 aromatic heterocycles. The number of ether oxygens (including phenoxy) is 1. The van der Waals surface area contributed by atoms with Crippen molar-refractivity contribution in [2.24, 2.45) is 5.73 Å². The summed E-state index contributed by atoms with van der Waals surface area (Å²) in [5.74, 6) is 0.812. The third-order valence-electron chi connectivity index (χ3n) is 2.29. The average molecular weight is 293 g/mol. The standard InChI is InChI=1S/C13H13BrN2O/c14-12-6-1-2-7-13(12)17-9-11-5-3-4-10(8-15)16-11/h1-7H,8-9,15H2. The predicted molar refractivity (Wildman–Crippen MR) is 70.6 cm³/mol. The van der Waals surface area contributed by atoms with E-state index in [1.165, 1.54) is 0 Å². The zero-order valence-electron chi connectivity index (χ0n) is 9.27. The van der Waals surface area contributed by atoms with Crippen LogP contribution in [0.4, 0.5) is 0 Å². The molecule has 0 saturated heterocycles. The molecule has 0 radical (unpaired) electrons. The first-order valence-electron chi connectivity index (χ1n) is 5.32. The number of hydrogen-bond acceptors (Lipinski definition) is 3. The van der Waals surface area contributed by atoms with Gasteiger partial charge < -0.3 is 10.5 Å². The second-order valence-electron chi connectivity index (χ2n) is 3.54. The average Bonchev–Trinajstić information content (AvgIpc) is 2.38. The number of para-hydroxylation sites is 1. The maximum absolute atomic E-state index is 5.67. The van der Waals surface area contributed by atoms with Crippen molar-refractivity contribution in [1.82, 2.24) is 4.98 Å². The van der Waals surface area contributed by atoms with Crippen LogP contribution in [0.2, 0.25) is 0 Å². The predicted octanol–water partition coefficient (Wildman–Crippen LogP) is 2.88. The number of aromatic nitrogens is 1. The van der Waals surface area contributed by atoms with Crippen LogP contribution in [0.25, 0.3) is 0 Å². The van der Waals surface area contributed by atoms with Gasteiger partial charge in [0.05, 0.1) is 15.9 Å². The van der Waals surface area contributed by atoms with Crippen LogP contribution in [0.15, 0.2) is 46.9 Å². The largest absolute Gasteiger partial charge is 0.486 e. The van der Waals surface area contributed by atoms with E-state index in [2.05, 4.69) is 20.9 Å². The fraction of sp³-hybridized carbons (Fsp3) is 0.154. The van der Waals surface area contributed by atoms with Gasteiger partial charge in [-0.2, -0.15) is 0 Å². The van der Waals surface area contributed by atoms with Crippen LogP contribution in [0.3, 0.4) is 0 Å². The molecule has 0 saturated carbocycles. The molecule has 4 heteroatoms. The number of hydrogen-bond donors (Lipinski definition) is 1. The van der Waals surface area contributed by atoms with E-state index < -0.39 is 0 Å². The first-order chi connectivity index (χ1) is 8.29. The summed E-state index contributed by atoms with van der Waals surface area (Å²) >= 11 is 3.43. The minimum Gasteiger partial charge on any atom is -0.486 e. The van der Waals surface area contributed by atoms with E-state index in [-0.39, 0.29) is 0 Å². The normalized spacial score (nSPS) is 10.2. The Labute approximate surface area is 109 Å². The minimum absolute atomic E-state index is 0.441. The van der Waals surface area contributed by atoms with Crippen molar-refractivity contribution in [2.75, 3.05) is 0 Å². The lowest BCUT2D eigenvalue weighted by atomic mass is 10.3. The molecule has 0 unspecified atom stereocenters. The fourth-order valence-electron chi connectivity index (χ4n) is 1.44. The summed E-state index contributed by atoms with van der Waals surface area (Å²) in [5.41, 5.74) is 7.29. The molecule has 0 fully saturated rings. The highest BCUT2D eigenvalue weighted by atomic mass is 79.9. The van der Waals surface area contributed by atoms with Crippen LogP contribution < -0.4 is 10.5 Å². The Hall–Kier alpha value is -1.39. The molecule has 2 rings (SSSR count). The summed E-state index contributed by atoms with van der Waals surface area (Å²) in [5, 5.41) is 0. The number of nitrogens with zero attached hydrogens (tertiary/aromatic N) is 1. The van der Waals surface area contributed by atoms with Gasteiger partial charge in [0.1, 0.15) is 12.4 Å². The fourth-order valence-corrected chi connectivity index (χ4v) is 1.84. The molecule has 0 atom stereocenters. The Morgan fingerprint density at radius 1 is 1.06 bits per heavy atom. The van der Waals surface area contributed by atoms with Crippen molar-refractivity contribution in [2.45, 2.75) is 13.2 Å². The van der Waals surface area contributed by atoms with Crippen LogP contribution in [0, 0.1) is 0 Å². The maximum Gasteiger partial charge on any atom is 0.134 e. The molecule has 0 amide bonds. The van der Waals surface area contributed by atoms with Crippen molar-refractivity contribution in [3.63, 3.8) is 0 Å². The Morgan fingerprint density at radius 3 is 2.59 bits per heavy atom. The van der Waals surface area contributed by atoms with Crippen molar-refractivity contribution < 1.29 is 4.74 Å². The Kier molecular flexibility index (Phi) is 4.12. The van der Waals surface area contributed by atoms with Crippen molar-refractivity contribution in [3.8, 4) is 5.75 Å². The van der Waals surface area contributed by atoms with Crippen LogP contribution >= 0.6 is 15.9 Å². The van der Waals surface area contributed by atoms with Gasteiger partial charge in [-0.15, -0.1) is 0 Å². The summed E-state index contributed by atoms with van der Waals surface area (Å²) in [4.78, 5) is 4.37. The maximum atomic E-state index is 5.67. The number of rotatable bonds is 4. The summed E-state index contributed by atoms with van der Waals surface area (Å²) in [6.07, 6.45) is 0. The minimum atomic E-state index is 0.441. The highest BCUT2D eigenvalue weighted by Gasteiger charge is 2.01. The molecule has 2 aromatic rings.